The van der Waals surface area contributed by atoms with Crippen LogP contribution in [0.1, 0.15) is 45.4 Å². The Morgan fingerprint density at radius 1 is 1.35 bits per heavy atom. The van der Waals surface area contributed by atoms with Gasteiger partial charge in [0.15, 0.2) is 0 Å². The maximum Gasteiger partial charge on any atom is 0.134 e. The van der Waals surface area contributed by atoms with E-state index >= 15 is 0 Å². The molecule has 2 N–H and O–H groups in total. The fourth-order valence-corrected chi connectivity index (χ4v) is 2.73. The summed E-state index contributed by atoms with van der Waals surface area (Å²) in [4.78, 5) is 11.5. The van der Waals surface area contributed by atoms with Crippen molar-refractivity contribution in [3.63, 3.8) is 0 Å². The van der Waals surface area contributed by atoms with Crippen LogP contribution in [0.5, 0.6) is 0 Å². The van der Waals surface area contributed by atoms with Crippen molar-refractivity contribution in [1.29, 1.82) is 0 Å². The van der Waals surface area contributed by atoms with Gasteiger partial charge in [-0.05, 0) is 32.6 Å². The van der Waals surface area contributed by atoms with Gasteiger partial charge in [-0.15, -0.1) is 0 Å². The Morgan fingerprint density at radius 3 is 2.90 bits per heavy atom. The van der Waals surface area contributed by atoms with Gasteiger partial charge in [0.25, 0.3) is 0 Å². The van der Waals surface area contributed by atoms with Crippen molar-refractivity contribution in [3.05, 3.63) is 11.9 Å². The molecular formula is C15H26N4O. The molecule has 1 saturated heterocycles. The van der Waals surface area contributed by atoms with Crippen molar-refractivity contribution in [2.75, 3.05) is 29.9 Å². The van der Waals surface area contributed by atoms with Crippen LogP contribution in [0.25, 0.3) is 0 Å². The lowest BCUT2D eigenvalue weighted by Crippen LogP contribution is -2.42. The molecule has 112 valence electrons. The Morgan fingerprint density at radius 2 is 2.20 bits per heavy atom. The van der Waals surface area contributed by atoms with E-state index in [1.807, 2.05) is 6.07 Å². The minimum atomic E-state index is 0.197. The molecule has 2 rings (SSSR count). The van der Waals surface area contributed by atoms with Crippen LogP contribution in [0.3, 0.4) is 0 Å². The van der Waals surface area contributed by atoms with Crippen LogP contribution < -0.4 is 10.2 Å². The van der Waals surface area contributed by atoms with Crippen LogP contribution in [-0.4, -0.2) is 40.8 Å². The zero-order valence-electron chi connectivity index (χ0n) is 12.6. The van der Waals surface area contributed by atoms with Gasteiger partial charge in [-0.2, -0.15) is 0 Å². The zero-order chi connectivity index (χ0) is 14.4. The van der Waals surface area contributed by atoms with E-state index in [2.05, 4.69) is 29.0 Å². The lowest BCUT2D eigenvalue weighted by atomic mass is 10.0. The number of aryl methyl sites for hydroxylation is 1. The van der Waals surface area contributed by atoms with Crippen molar-refractivity contribution < 1.29 is 5.11 Å². The fraction of sp³-hybridized carbons (Fsp3) is 0.733. The van der Waals surface area contributed by atoms with Crippen molar-refractivity contribution in [1.82, 2.24) is 9.97 Å². The largest absolute Gasteiger partial charge is 0.394 e. The standard InChI is InChI=1S/C15H26N4O/c1-3-7-13-17-14(16-4-2)10-15(18-13)19-9-6-5-8-12(19)11-20/h10,12,20H,3-9,11H2,1-2H3,(H,16,17,18). The van der Waals surface area contributed by atoms with Gasteiger partial charge in [0.1, 0.15) is 17.5 Å². The number of piperidine rings is 1. The number of aliphatic hydroxyl groups excluding tert-OH is 1. The summed E-state index contributed by atoms with van der Waals surface area (Å²) in [6.45, 7) is 6.23. The molecule has 1 unspecified atom stereocenters. The third-order valence-corrected chi connectivity index (χ3v) is 3.72. The molecule has 0 radical (unpaired) electrons. The van der Waals surface area contributed by atoms with E-state index in [1.165, 1.54) is 12.8 Å². The second-order valence-electron chi connectivity index (χ2n) is 5.33. The first-order valence-corrected chi connectivity index (χ1v) is 7.77. The number of nitrogens with zero attached hydrogens (tertiary/aromatic N) is 3. The molecule has 0 aromatic carbocycles. The van der Waals surface area contributed by atoms with E-state index in [0.29, 0.717) is 0 Å². The topological polar surface area (TPSA) is 61.3 Å². The zero-order valence-corrected chi connectivity index (χ0v) is 12.6. The molecule has 20 heavy (non-hydrogen) atoms. The van der Waals surface area contributed by atoms with E-state index in [-0.39, 0.29) is 12.6 Å². The van der Waals surface area contributed by atoms with E-state index in [9.17, 15) is 5.11 Å². The number of hydrogen-bond acceptors (Lipinski definition) is 5. The van der Waals surface area contributed by atoms with Crippen molar-refractivity contribution >= 4 is 11.6 Å². The van der Waals surface area contributed by atoms with Crippen molar-refractivity contribution in [3.8, 4) is 0 Å². The van der Waals surface area contributed by atoms with E-state index < -0.39 is 0 Å². The molecule has 1 aromatic rings. The third-order valence-electron chi connectivity index (χ3n) is 3.72. The number of aliphatic hydroxyl groups is 1. The fourth-order valence-electron chi connectivity index (χ4n) is 2.73. The lowest BCUT2D eigenvalue weighted by Gasteiger charge is -2.35. The SMILES string of the molecule is CCCc1nc(NCC)cc(N2CCCCC2CO)n1. The molecule has 0 spiro atoms. The van der Waals surface area contributed by atoms with Crippen molar-refractivity contribution in [2.24, 2.45) is 0 Å². The van der Waals surface area contributed by atoms with Gasteiger partial charge in [0.2, 0.25) is 0 Å². The summed E-state index contributed by atoms with van der Waals surface area (Å²) >= 11 is 0. The second-order valence-corrected chi connectivity index (χ2v) is 5.33. The molecule has 0 aliphatic carbocycles. The number of anilines is 2. The summed E-state index contributed by atoms with van der Waals surface area (Å²) in [6, 6.07) is 2.21. The van der Waals surface area contributed by atoms with E-state index in [4.69, 9.17) is 4.98 Å². The molecule has 1 aliphatic rings. The number of rotatable bonds is 6. The predicted octanol–water partition coefficient (Wildman–Crippen LogP) is 2.21. The Bertz CT molecular complexity index is 400. The quantitative estimate of drug-likeness (QED) is 0.835. The van der Waals surface area contributed by atoms with Crippen LogP contribution in [0, 0.1) is 0 Å². The number of nitrogens with one attached hydrogen (secondary N) is 1. The van der Waals surface area contributed by atoms with Gasteiger partial charge in [-0.1, -0.05) is 6.92 Å². The van der Waals surface area contributed by atoms with Gasteiger partial charge in [0, 0.05) is 25.6 Å². The van der Waals surface area contributed by atoms with Crippen LogP contribution in [0.15, 0.2) is 6.07 Å². The molecule has 2 heterocycles. The molecule has 1 aliphatic heterocycles. The summed E-state index contributed by atoms with van der Waals surface area (Å²) in [6.07, 6.45) is 5.33. The van der Waals surface area contributed by atoms with Gasteiger partial charge in [-0.25, -0.2) is 9.97 Å². The number of hydrogen-bond donors (Lipinski definition) is 2. The molecule has 0 amide bonds. The molecule has 5 heteroatoms. The summed E-state index contributed by atoms with van der Waals surface area (Å²) in [5.41, 5.74) is 0. The Balaban J connectivity index is 2.27. The Hall–Kier alpha value is -1.36. The Labute approximate surface area is 121 Å². The van der Waals surface area contributed by atoms with Crippen LogP contribution >= 0.6 is 0 Å². The first-order valence-electron chi connectivity index (χ1n) is 7.77. The molecule has 1 fully saturated rings. The summed E-state index contributed by atoms with van der Waals surface area (Å²) in [5.74, 6) is 2.74. The maximum absolute atomic E-state index is 9.57. The highest BCUT2D eigenvalue weighted by Crippen LogP contribution is 2.25. The summed E-state index contributed by atoms with van der Waals surface area (Å²) in [5, 5.41) is 12.8. The molecule has 0 saturated carbocycles. The number of aromatic nitrogens is 2. The van der Waals surface area contributed by atoms with Crippen LogP contribution in [0.2, 0.25) is 0 Å². The highest BCUT2D eigenvalue weighted by Gasteiger charge is 2.23. The average molecular weight is 278 g/mol. The predicted molar refractivity (Wildman–Crippen MR) is 82.3 cm³/mol. The minimum absolute atomic E-state index is 0.197. The van der Waals surface area contributed by atoms with Crippen molar-refractivity contribution in [2.45, 2.75) is 52.0 Å². The van der Waals surface area contributed by atoms with Gasteiger partial charge in [0.05, 0.1) is 12.6 Å². The average Bonchev–Trinajstić information content (AvgIpc) is 2.47. The van der Waals surface area contributed by atoms with Gasteiger partial charge in [-0.3, -0.25) is 0 Å². The molecule has 5 nitrogen and oxygen atoms in total. The molecule has 0 bridgehead atoms. The van der Waals surface area contributed by atoms with Gasteiger partial charge >= 0.3 is 0 Å². The molecule has 1 atom stereocenters. The van der Waals surface area contributed by atoms with Gasteiger partial charge < -0.3 is 15.3 Å². The van der Waals surface area contributed by atoms with E-state index in [1.54, 1.807) is 0 Å². The normalized spacial score (nSPS) is 19.1. The lowest BCUT2D eigenvalue weighted by molar-refractivity contribution is 0.239. The minimum Gasteiger partial charge on any atom is -0.394 e. The first-order chi connectivity index (χ1) is 9.78. The second kappa shape index (κ2) is 7.43. The molecular weight excluding hydrogens is 252 g/mol. The maximum atomic E-state index is 9.57. The molecule has 1 aromatic heterocycles. The summed E-state index contributed by atoms with van der Waals surface area (Å²) < 4.78 is 0. The third kappa shape index (κ3) is 3.60. The van der Waals surface area contributed by atoms with Crippen LogP contribution in [-0.2, 0) is 6.42 Å². The smallest absolute Gasteiger partial charge is 0.134 e. The summed E-state index contributed by atoms with van der Waals surface area (Å²) in [7, 11) is 0. The highest BCUT2D eigenvalue weighted by molar-refractivity contribution is 5.50. The van der Waals surface area contributed by atoms with E-state index in [0.717, 1.165) is 49.8 Å². The van der Waals surface area contributed by atoms with Crippen LogP contribution in [0.4, 0.5) is 11.6 Å². The highest BCUT2D eigenvalue weighted by atomic mass is 16.3. The Kier molecular flexibility index (Phi) is 5.59. The monoisotopic (exact) mass is 278 g/mol. The first kappa shape index (κ1) is 15.0.